The van der Waals surface area contributed by atoms with E-state index < -0.39 is 36.3 Å². The summed E-state index contributed by atoms with van der Waals surface area (Å²) in [7, 11) is 1.10. The third-order valence-corrected chi connectivity index (χ3v) is 3.99. The van der Waals surface area contributed by atoms with E-state index in [9.17, 15) is 22.8 Å². The van der Waals surface area contributed by atoms with Crippen molar-refractivity contribution in [3.63, 3.8) is 0 Å². The van der Waals surface area contributed by atoms with Crippen LogP contribution in [0.2, 0.25) is 0 Å². The highest BCUT2D eigenvalue weighted by Crippen LogP contribution is 2.35. The number of nitrogen functional groups attached to an aromatic ring is 1. The molecule has 8 nitrogen and oxygen atoms in total. The van der Waals surface area contributed by atoms with Crippen molar-refractivity contribution in [3.05, 3.63) is 11.3 Å². The van der Waals surface area contributed by atoms with Crippen LogP contribution in [0.5, 0.6) is 0 Å². The fourth-order valence-electron chi connectivity index (χ4n) is 2.92. The van der Waals surface area contributed by atoms with Gasteiger partial charge in [-0.25, -0.2) is 14.3 Å². The number of halogens is 3. The summed E-state index contributed by atoms with van der Waals surface area (Å²) in [6.45, 7) is 4.24. The maximum Gasteiger partial charge on any atom is 0.410 e. The van der Waals surface area contributed by atoms with Gasteiger partial charge in [0.25, 0.3) is 0 Å². The molecule has 2 N–H and O–H groups in total. The van der Waals surface area contributed by atoms with Crippen LogP contribution in [0, 0.1) is 0 Å². The molecule has 0 aliphatic carbocycles. The lowest BCUT2D eigenvalue weighted by Gasteiger charge is -2.24. The van der Waals surface area contributed by atoms with E-state index in [1.165, 1.54) is 4.90 Å². The topological polar surface area (TPSA) is 99.7 Å². The Hall–Kier alpha value is -2.46. The Morgan fingerprint density at radius 1 is 1.30 bits per heavy atom. The molecule has 1 aromatic heterocycles. The summed E-state index contributed by atoms with van der Waals surface area (Å²) >= 11 is 0. The second-order valence-electron chi connectivity index (χ2n) is 7.32. The van der Waals surface area contributed by atoms with Crippen molar-refractivity contribution in [1.29, 1.82) is 0 Å². The minimum Gasteiger partial charge on any atom is -0.464 e. The summed E-state index contributed by atoms with van der Waals surface area (Å²) in [5, 5.41) is 3.70. The largest absolute Gasteiger partial charge is 0.464 e. The monoisotopic (exact) mass is 392 g/mol. The molecule has 0 spiro atoms. The Labute approximate surface area is 154 Å². The number of hydrogen-bond donors (Lipinski definition) is 1. The van der Waals surface area contributed by atoms with E-state index >= 15 is 0 Å². The van der Waals surface area contributed by atoms with E-state index in [0.29, 0.717) is 17.6 Å². The van der Waals surface area contributed by atoms with Gasteiger partial charge in [0.05, 0.1) is 7.11 Å². The van der Waals surface area contributed by atoms with Crippen molar-refractivity contribution in [2.45, 2.75) is 51.4 Å². The molecular weight excluding hydrogens is 369 g/mol. The van der Waals surface area contributed by atoms with Gasteiger partial charge >= 0.3 is 18.2 Å². The molecular formula is C16H23F3N4O4. The molecule has 1 aromatic rings. The lowest BCUT2D eigenvalue weighted by molar-refractivity contribution is -0.142. The van der Waals surface area contributed by atoms with Crippen molar-refractivity contribution in [1.82, 2.24) is 14.7 Å². The highest BCUT2D eigenvalue weighted by atomic mass is 19.4. The first-order valence-electron chi connectivity index (χ1n) is 8.31. The Morgan fingerprint density at radius 2 is 1.93 bits per heavy atom. The smallest absolute Gasteiger partial charge is 0.410 e. The average molecular weight is 392 g/mol. The average Bonchev–Trinajstić information content (AvgIpc) is 3.09. The summed E-state index contributed by atoms with van der Waals surface area (Å²) in [5.41, 5.74) is 5.08. The molecule has 0 aromatic carbocycles. The molecule has 0 radical (unpaired) electrons. The van der Waals surface area contributed by atoms with Gasteiger partial charge in [-0.15, -0.1) is 0 Å². The van der Waals surface area contributed by atoms with Crippen LogP contribution in [0.25, 0.3) is 0 Å². The number of carbonyl (C=O) groups is 2. The van der Waals surface area contributed by atoms with Crippen molar-refractivity contribution in [2.75, 3.05) is 25.9 Å². The molecule has 152 valence electrons. The fraction of sp³-hybridized carbons (Fsp3) is 0.688. The maximum absolute atomic E-state index is 12.7. The van der Waals surface area contributed by atoms with Gasteiger partial charge in [-0.1, -0.05) is 0 Å². The SMILES string of the molecule is COC(=O)c1nn(CC(F)(F)F)c(N)c1C1CCN(C(=O)OC(C)(C)C)C1. The first-order chi connectivity index (χ1) is 12.3. The summed E-state index contributed by atoms with van der Waals surface area (Å²) in [6.07, 6.45) is -4.68. The third-order valence-electron chi connectivity index (χ3n) is 3.99. The molecule has 1 atom stereocenters. The Bertz CT molecular complexity index is 724. The Kier molecular flexibility index (Phi) is 5.62. The van der Waals surface area contributed by atoms with Crippen LogP contribution < -0.4 is 5.73 Å². The predicted octanol–water partition coefficient (Wildman–Crippen LogP) is 2.54. The zero-order valence-electron chi connectivity index (χ0n) is 15.6. The Morgan fingerprint density at radius 3 is 2.44 bits per heavy atom. The lowest BCUT2D eigenvalue weighted by atomic mass is 9.98. The van der Waals surface area contributed by atoms with Gasteiger partial charge < -0.3 is 20.1 Å². The van der Waals surface area contributed by atoms with Crippen LogP contribution in [0.15, 0.2) is 0 Å². The number of carbonyl (C=O) groups excluding carboxylic acids is 2. The molecule has 2 rings (SSSR count). The molecule has 27 heavy (non-hydrogen) atoms. The second kappa shape index (κ2) is 7.28. The van der Waals surface area contributed by atoms with E-state index in [4.69, 9.17) is 10.5 Å². The molecule has 1 unspecified atom stereocenters. The number of hydrogen-bond acceptors (Lipinski definition) is 6. The minimum absolute atomic E-state index is 0.154. The van der Waals surface area contributed by atoms with Gasteiger partial charge in [0, 0.05) is 24.6 Å². The van der Waals surface area contributed by atoms with Gasteiger partial charge in [0.2, 0.25) is 0 Å². The first kappa shape index (κ1) is 20.8. The number of esters is 1. The molecule has 1 fully saturated rings. The molecule has 0 bridgehead atoms. The number of alkyl halides is 3. The number of methoxy groups -OCH3 is 1. The van der Waals surface area contributed by atoms with Gasteiger partial charge in [0.15, 0.2) is 5.69 Å². The number of nitrogens with zero attached hydrogens (tertiary/aromatic N) is 3. The van der Waals surface area contributed by atoms with Crippen LogP contribution in [0.3, 0.4) is 0 Å². The van der Waals surface area contributed by atoms with Gasteiger partial charge in [-0.2, -0.15) is 18.3 Å². The van der Waals surface area contributed by atoms with Crippen LogP contribution in [-0.2, 0) is 16.0 Å². The van der Waals surface area contributed by atoms with Crippen LogP contribution in [-0.4, -0.2) is 58.7 Å². The van der Waals surface area contributed by atoms with Crippen LogP contribution >= 0.6 is 0 Å². The van der Waals surface area contributed by atoms with E-state index in [2.05, 4.69) is 9.84 Å². The molecule has 1 saturated heterocycles. The van der Waals surface area contributed by atoms with Gasteiger partial charge in [0.1, 0.15) is 18.0 Å². The second-order valence-corrected chi connectivity index (χ2v) is 7.32. The zero-order chi connectivity index (χ0) is 20.6. The summed E-state index contributed by atoms with van der Waals surface area (Å²) in [6, 6.07) is 0. The molecule has 1 amide bonds. The highest BCUT2D eigenvalue weighted by molar-refractivity contribution is 5.90. The first-order valence-corrected chi connectivity index (χ1v) is 8.31. The molecule has 1 aliphatic heterocycles. The lowest BCUT2D eigenvalue weighted by Crippen LogP contribution is -2.35. The van der Waals surface area contributed by atoms with Gasteiger partial charge in [-0.05, 0) is 27.2 Å². The Balaban J connectivity index is 2.29. The number of aromatic nitrogens is 2. The zero-order valence-corrected chi connectivity index (χ0v) is 15.6. The summed E-state index contributed by atoms with van der Waals surface area (Å²) < 4.78 is 48.7. The van der Waals surface area contributed by atoms with Crippen LogP contribution in [0.4, 0.5) is 23.8 Å². The molecule has 11 heteroatoms. The maximum atomic E-state index is 12.7. The predicted molar refractivity (Wildman–Crippen MR) is 89.2 cm³/mol. The number of ether oxygens (including phenoxy) is 2. The van der Waals surface area contributed by atoms with Gasteiger partial charge in [-0.3, -0.25) is 0 Å². The third kappa shape index (κ3) is 5.04. The standard InChI is InChI=1S/C16H23F3N4O4/c1-15(2,3)27-14(25)22-6-5-9(7-22)10-11(13(24)26-4)21-23(12(10)20)8-16(17,18)19/h9H,5-8,20H2,1-4H3. The van der Waals surface area contributed by atoms with Crippen molar-refractivity contribution in [2.24, 2.45) is 0 Å². The van der Waals surface area contributed by atoms with Crippen molar-refractivity contribution < 1.29 is 32.2 Å². The van der Waals surface area contributed by atoms with E-state index in [1.54, 1.807) is 20.8 Å². The molecule has 0 saturated carbocycles. The van der Waals surface area contributed by atoms with E-state index in [0.717, 1.165) is 7.11 Å². The number of nitrogens with two attached hydrogens (primary N) is 1. The van der Waals surface area contributed by atoms with E-state index in [-0.39, 0.29) is 23.6 Å². The number of rotatable bonds is 3. The molecule has 2 heterocycles. The number of anilines is 1. The summed E-state index contributed by atoms with van der Waals surface area (Å²) in [5.74, 6) is -1.59. The fourth-order valence-corrected chi connectivity index (χ4v) is 2.92. The summed E-state index contributed by atoms with van der Waals surface area (Å²) in [4.78, 5) is 25.6. The van der Waals surface area contributed by atoms with E-state index in [1.807, 2.05) is 0 Å². The highest BCUT2D eigenvalue weighted by Gasteiger charge is 2.38. The number of amides is 1. The van der Waals surface area contributed by atoms with Crippen molar-refractivity contribution in [3.8, 4) is 0 Å². The molecule has 1 aliphatic rings. The van der Waals surface area contributed by atoms with Crippen molar-refractivity contribution >= 4 is 17.9 Å². The minimum atomic E-state index is -4.55. The quantitative estimate of drug-likeness (QED) is 0.794. The van der Waals surface area contributed by atoms with Crippen LogP contribution in [0.1, 0.15) is 49.2 Å². The number of likely N-dealkylation sites (tertiary alicyclic amines) is 1. The normalized spacial score (nSPS) is 17.9.